The van der Waals surface area contributed by atoms with Crippen LogP contribution in [-0.2, 0) is 4.79 Å². The van der Waals surface area contributed by atoms with Gasteiger partial charge in [-0.1, -0.05) is 39.8 Å². The minimum Gasteiger partial charge on any atom is -0.506 e. The first-order valence-electron chi connectivity index (χ1n) is 4.48. The maximum Gasteiger partial charge on any atom is 0.186 e. The number of rotatable bonds is 3. The highest BCUT2D eigenvalue weighted by molar-refractivity contribution is 9.11. The number of halogens is 2. The number of aromatic hydroxyl groups is 1. The van der Waals surface area contributed by atoms with Crippen LogP contribution in [0.2, 0.25) is 0 Å². The van der Waals surface area contributed by atoms with E-state index in [0.29, 0.717) is 15.8 Å². The summed E-state index contributed by atoms with van der Waals surface area (Å²) in [6.45, 7) is 1.53. The van der Waals surface area contributed by atoms with Gasteiger partial charge in [-0.15, -0.1) is 0 Å². The summed E-state index contributed by atoms with van der Waals surface area (Å²) in [6.07, 6.45) is 3.64. The highest BCUT2D eigenvalue weighted by atomic mass is 79.9. The average Bonchev–Trinajstić information content (AvgIpc) is 2.19. The van der Waals surface area contributed by atoms with Crippen molar-refractivity contribution in [3.63, 3.8) is 0 Å². The van der Waals surface area contributed by atoms with E-state index in [4.69, 9.17) is 0 Å². The van der Waals surface area contributed by atoms with Crippen LogP contribution >= 0.6 is 43.6 Å². The minimum absolute atomic E-state index is 0.0873. The van der Waals surface area contributed by atoms with Crippen molar-refractivity contribution < 1.29 is 9.90 Å². The van der Waals surface area contributed by atoms with E-state index in [1.165, 1.54) is 18.7 Å². The summed E-state index contributed by atoms with van der Waals surface area (Å²) in [6, 6.07) is 3.59. The third kappa shape index (κ3) is 4.31. The molecular weight excluding hydrogens is 356 g/mol. The number of benzene rings is 1. The number of thioether (sulfide) groups is 1. The first-order chi connectivity index (χ1) is 7.50. The average molecular weight is 366 g/mol. The van der Waals surface area contributed by atoms with Crippen molar-refractivity contribution in [2.24, 2.45) is 0 Å². The largest absolute Gasteiger partial charge is 0.506 e. The molecule has 0 spiro atoms. The molecule has 16 heavy (non-hydrogen) atoms. The lowest BCUT2D eigenvalue weighted by Crippen LogP contribution is -1.82. The molecule has 1 aromatic rings. The van der Waals surface area contributed by atoms with Crippen LogP contribution in [0.25, 0.3) is 6.08 Å². The zero-order valence-corrected chi connectivity index (χ0v) is 12.5. The van der Waals surface area contributed by atoms with Crippen LogP contribution < -0.4 is 0 Å². The molecule has 0 unspecified atom stereocenters. The van der Waals surface area contributed by atoms with Gasteiger partial charge in [0.05, 0.1) is 4.47 Å². The van der Waals surface area contributed by atoms with Crippen LogP contribution in [0.4, 0.5) is 0 Å². The molecule has 0 aliphatic rings. The van der Waals surface area contributed by atoms with Crippen molar-refractivity contribution in [2.45, 2.75) is 6.92 Å². The maximum absolute atomic E-state index is 10.7. The number of hydrogen-bond donors (Lipinski definition) is 1. The smallest absolute Gasteiger partial charge is 0.186 e. The molecule has 0 fully saturated rings. The summed E-state index contributed by atoms with van der Waals surface area (Å²) in [7, 11) is 0. The van der Waals surface area contributed by atoms with E-state index in [9.17, 15) is 9.90 Å². The highest BCUT2D eigenvalue weighted by Crippen LogP contribution is 2.32. The Labute approximate surface area is 115 Å². The molecule has 0 atom stereocenters. The van der Waals surface area contributed by atoms with E-state index in [1.54, 1.807) is 12.1 Å². The van der Waals surface area contributed by atoms with E-state index in [-0.39, 0.29) is 10.9 Å². The number of carbonyl (C=O) groups excluding carboxylic acids is 1. The standard InChI is InChI=1S/C11H10Br2O2S/c1-7(14)16-4-2-3-8-5-9(12)6-10(13)11(8)15/h2-3,5-6,15H,4H2,1H3. The fraction of sp³-hybridized carbons (Fsp3) is 0.182. The Balaban J connectivity index is 2.77. The SMILES string of the molecule is CC(=O)SCC=Cc1cc(Br)cc(Br)c1O. The second-order valence-corrected chi connectivity index (χ2v) is 6.00. The monoisotopic (exact) mass is 364 g/mol. The molecule has 0 saturated heterocycles. The molecule has 0 aliphatic heterocycles. The van der Waals surface area contributed by atoms with Gasteiger partial charge in [-0.25, -0.2) is 0 Å². The van der Waals surface area contributed by atoms with E-state index >= 15 is 0 Å². The van der Waals surface area contributed by atoms with Gasteiger partial charge >= 0.3 is 0 Å². The van der Waals surface area contributed by atoms with Crippen LogP contribution in [0.15, 0.2) is 27.2 Å². The molecule has 0 aliphatic carbocycles. The van der Waals surface area contributed by atoms with Gasteiger partial charge < -0.3 is 5.11 Å². The lowest BCUT2D eigenvalue weighted by atomic mass is 10.2. The Kier molecular flexibility index (Phi) is 5.58. The van der Waals surface area contributed by atoms with Gasteiger partial charge in [0.2, 0.25) is 0 Å². The summed E-state index contributed by atoms with van der Waals surface area (Å²) in [5.41, 5.74) is 0.713. The highest BCUT2D eigenvalue weighted by Gasteiger charge is 2.04. The van der Waals surface area contributed by atoms with Gasteiger partial charge in [0.1, 0.15) is 5.75 Å². The zero-order valence-electron chi connectivity index (χ0n) is 8.54. The second kappa shape index (κ2) is 6.47. The number of carbonyl (C=O) groups is 1. The Morgan fingerprint density at radius 2 is 2.19 bits per heavy atom. The number of phenols is 1. The lowest BCUT2D eigenvalue weighted by Gasteiger charge is -2.02. The molecule has 0 saturated carbocycles. The Morgan fingerprint density at radius 1 is 1.50 bits per heavy atom. The lowest BCUT2D eigenvalue weighted by molar-refractivity contribution is -0.109. The van der Waals surface area contributed by atoms with Crippen molar-refractivity contribution in [3.8, 4) is 5.75 Å². The minimum atomic E-state index is 0.0873. The Bertz CT molecular complexity index is 430. The quantitative estimate of drug-likeness (QED) is 0.871. The van der Waals surface area contributed by atoms with Gasteiger partial charge in [0, 0.05) is 22.7 Å². The summed E-state index contributed by atoms with van der Waals surface area (Å²) >= 11 is 7.83. The van der Waals surface area contributed by atoms with E-state index in [0.717, 1.165) is 4.47 Å². The van der Waals surface area contributed by atoms with Crippen LogP contribution in [-0.4, -0.2) is 16.0 Å². The Hall–Kier alpha value is -0.260. The predicted octanol–water partition coefficient (Wildman–Crippen LogP) is 4.21. The predicted molar refractivity (Wildman–Crippen MR) is 75.7 cm³/mol. The van der Waals surface area contributed by atoms with Crippen molar-refractivity contribution in [1.82, 2.24) is 0 Å². The van der Waals surface area contributed by atoms with Gasteiger partial charge in [0.25, 0.3) is 0 Å². The summed E-state index contributed by atoms with van der Waals surface area (Å²) in [4.78, 5) is 10.7. The summed E-state index contributed by atoms with van der Waals surface area (Å²) < 4.78 is 1.52. The normalized spacial score (nSPS) is 10.9. The van der Waals surface area contributed by atoms with Crippen molar-refractivity contribution >= 4 is 54.8 Å². The fourth-order valence-electron chi connectivity index (χ4n) is 1.05. The molecule has 1 rings (SSSR count). The van der Waals surface area contributed by atoms with Crippen LogP contribution in [0.5, 0.6) is 5.75 Å². The summed E-state index contributed by atoms with van der Waals surface area (Å²) in [5, 5.41) is 9.83. The zero-order chi connectivity index (χ0) is 12.1. The Morgan fingerprint density at radius 3 is 2.81 bits per heavy atom. The van der Waals surface area contributed by atoms with Crippen molar-refractivity contribution in [2.75, 3.05) is 5.75 Å². The fourth-order valence-corrected chi connectivity index (χ4v) is 2.74. The topological polar surface area (TPSA) is 37.3 Å². The van der Waals surface area contributed by atoms with Gasteiger partial charge in [-0.2, -0.15) is 0 Å². The molecule has 1 aromatic carbocycles. The molecule has 5 heteroatoms. The van der Waals surface area contributed by atoms with Crippen LogP contribution in [0.3, 0.4) is 0 Å². The second-order valence-electron chi connectivity index (χ2n) is 3.03. The molecule has 86 valence electrons. The van der Waals surface area contributed by atoms with Gasteiger partial charge in [-0.05, 0) is 28.1 Å². The van der Waals surface area contributed by atoms with Gasteiger partial charge in [-0.3, -0.25) is 4.79 Å². The molecule has 0 radical (unpaired) electrons. The molecular formula is C11H10Br2O2S. The van der Waals surface area contributed by atoms with Crippen LogP contribution in [0.1, 0.15) is 12.5 Å². The van der Waals surface area contributed by atoms with Gasteiger partial charge in [0.15, 0.2) is 5.12 Å². The van der Waals surface area contributed by atoms with Crippen LogP contribution in [0, 0.1) is 0 Å². The van der Waals surface area contributed by atoms with E-state index in [2.05, 4.69) is 31.9 Å². The molecule has 2 nitrogen and oxygen atoms in total. The molecule has 0 aromatic heterocycles. The third-order valence-electron chi connectivity index (χ3n) is 1.74. The van der Waals surface area contributed by atoms with E-state index < -0.39 is 0 Å². The summed E-state index contributed by atoms with van der Waals surface area (Å²) in [5.74, 6) is 0.811. The first kappa shape index (κ1) is 13.8. The number of hydrogen-bond acceptors (Lipinski definition) is 3. The van der Waals surface area contributed by atoms with Crippen molar-refractivity contribution in [3.05, 3.63) is 32.7 Å². The molecule has 0 heterocycles. The first-order valence-corrected chi connectivity index (χ1v) is 7.06. The molecule has 1 N–H and O–H groups in total. The van der Waals surface area contributed by atoms with E-state index in [1.807, 2.05) is 12.1 Å². The number of phenolic OH excluding ortho intramolecular Hbond substituents is 1. The maximum atomic E-state index is 10.7. The third-order valence-corrected chi connectivity index (χ3v) is 3.57. The van der Waals surface area contributed by atoms with Crippen molar-refractivity contribution in [1.29, 1.82) is 0 Å². The molecule has 0 bridgehead atoms. The molecule has 0 amide bonds.